The van der Waals surface area contributed by atoms with E-state index < -0.39 is 13.9 Å². The van der Waals surface area contributed by atoms with Gasteiger partial charge in [0.1, 0.15) is 11.5 Å². The van der Waals surface area contributed by atoms with E-state index in [0.29, 0.717) is 11.3 Å². The molecule has 3 atom stereocenters. The van der Waals surface area contributed by atoms with Gasteiger partial charge < -0.3 is 24.7 Å². The van der Waals surface area contributed by atoms with Crippen LogP contribution in [0.2, 0.25) is 0 Å². The number of para-hydroxylation sites is 2. The van der Waals surface area contributed by atoms with E-state index in [-0.39, 0.29) is 38.1 Å². The Morgan fingerprint density at radius 2 is 1.46 bits per heavy atom. The topological polar surface area (TPSA) is 78.9 Å². The van der Waals surface area contributed by atoms with Gasteiger partial charge in [-0.3, -0.25) is 9.59 Å². The van der Waals surface area contributed by atoms with Gasteiger partial charge in [-0.15, -0.1) is 0 Å². The fourth-order valence-electron chi connectivity index (χ4n) is 4.04. The molecule has 188 valence electrons. The quantitative estimate of drug-likeness (QED) is 0.135. The summed E-state index contributed by atoms with van der Waals surface area (Å²) in [6.45, 7) is 2.87. The fourth-order valence-corrected chi connectivity index (χ4v) is 7.54. The molecule has 0 spiro atoms. The van der Waals surface area contributed by atoms with Gasteiger partial charge >= 0.3 is 33.0 Å². The number of phenols is 1. The molecule has 4 rings (SSSR count). The zero-order chi connectivity index (χ0) is 24.0. The van der Waals surface area contributed by atoms with Gasteiger partial charge in [-0.2, -0.15) is 5.43 Å². The number of hydrazine groups is 1. The Labute approximate surface area is 223 Å². The van der Waals surface area contributed by atoms with Crippen molar-refractivity contribution in [1.82, 2.24) is 10.4 Å². The van der Waals surface area contributed by atoms with E-state index in [1.54, 1.807) is 23.2 Å². The van der Waals surface area contributed by atoms with E-state index in [0.717, 1.165) is 10.9 Å². The van der Waals surface area contributed by atoms with Gasteiger partial charge in [-0.25, -0.2) is 5.01 Å². The third kappa shape index (κ3) is 6.89. The van der Waals surface area contributed by atoms with Crippen molar-refractivity contribution in [2.45, 2.75) is 25.4 Å². The molecule has 3 aromatic carbocycles. The molecule has 0 bridgehead atoms. The molecule has 35 heavy (non-hydrogen) atoms. The summed E-state index contributed by atoms with van der Waals surface area (Å²) in [5, 5.41) is 13.3. The molecule has 1 aliphatic heterocycles. The monoisotopic (exact) mass is 603 g/mol. The van der Waals surface area contributed by atoms with Crippen molar-refractivity contribution >= 4 is 34.8 Å². The van der Waals surface area contributed by atoms with Crippen LogP contribution in [-0.2, 0) is 26.9 Å². The van der Waals surface area contributed by atoms with Crippen LogP contribution in [0.3, 0.4) is 0 Å². The second-order valence-corrected chi connectivity index (χ2v) is 9.98. The number of carbonyl (C=O) groups excluding carboxylic acids is 2. The summed E-state index contributed by atoms with van der Waals surface area (Å²) in [5.74, 6) is -0.572. The van der Waals surface area contributed by atoms with Crippen molar-refractivity contribution < 1.29 is 36.7 Å². The molecule has 1 saturated heterocycles. The summed E-state index contributed by atoms with van der Waals surface area (Å²) in [7, 11) is 2.93. The minimum atomic E-state index is -1.60. The molecule has 6 nitrogen and oxygen atoms in total. The number of amides is 1. The van der Waals surface area contributed by atoms with Gasteiger partial charge in [0.25, 0.3) is 0 Å². The zero-order valence-electron chi connectivity index (χ0n) is 20.0. The van der Waals surface area contributed by atoms with Gasteiger partial charge in [0, 0.05) is 13.8 Å². The van der Waals surface area contributed by atoms with Crippen LogP contribution in [0.1, 0.15) is 36.5 Å². The Hall–Kier alpha value is -2.30. The van der Waals surface area contributed by atoms with Gasteiger partial charge in [0.2, 0.25) is 5.91 Å². The summed E-state index contributed by atoms with van der Waals surface area (Å²) in [6.07, 6.45) is 0. The van der Waals surface area contributed by atoms with Crippen molar-refractivity contribution in [2.75, 3.05) is 0 Å². The van der Waals surface area contributed by atoms with Gasteiger partial charge in [-0.05, 0) is 36.4 Å². The van der Waals surface area contributed by atoms with Gasteiger partial charge in [0.15, 0.2) is 11.6 Å². The Bertz CT molecular complexity index is 1120. The Morgan fingerprint density at radius 3 is 2.03 bits per heavy atom. The van der Waals surface area contributed by atoms with Crippen molar-refractivity contribution in [3.8, 4) is 11.5 Å². The Morgan fingerprint density at radius 1 is 0.914 bits per heavy atom. The van der Waals surface area contributed by atoms with Gasteiger partial charge in [0.05, 0.1) is 24.4 Å². The number of nitrogens with zero attached hydrogens (tertiary/aromatic N) is 1. The number of esters is 1. The molecule has 0 saturated carbocycles. The average molecular weight is 604 g/mol. The molecule has 1 aliphatic rings. The minimum absolute atomic E-state index is 0. The number of nitrogens with one attached hydrogen (secondary N) is 1. The van der Waals surface area contributed by atoms with Crippen LogP contribution in [0, 0.1) is 14.9 Å². The van der Waals surface area contributed by atoms with E-state index in [1.807, 2.05) is 78.0 Å². The number of rotatable bonds is 4. The number of hydrogen-bond donors (Lipinski definition) is 2. The van der Waals surface area contributed by atoms with E-state index in [1.165, 1.54) is 13.8 Å². The van der Waals surface area contributed by atoms with E-state index >= 15 is 0 Å². The first kappa shape index (κ1) is 30.7. The molecule has 1 unspecified atom stereocenters. The zero-order valence-corrected chi connectivity index (χ0v) is 23.4. The van der Waals surface area contributed by atoms with Crippen molar-refractivity contribution in [3.63, 3.8) is 0 Å². The summed E-state index contributed by atoms with van der Waals surface area (Å²) in [4.78, 5) is 24.4. The predicted molar refractivity (Wildman–Crippen MR) is 140 cm³/mol. The summed E-state index contributed by atoms with van der Waals surface area (Å²) in [6, 6.07) is 24.5. The maximum atomic E-state index is 12.7. The summed E-state index contributed by atoms with van der Waals surface area (Å²) < 4.78 is 5.49. The number of benzene rings is 3. The van der Waals surface area contributed by atoms with Crippen molar-refractivity contribution in [3.05, 3.63) is 105 Å². The molecule has 0 radical (unpaired) electrons. The number of hydrogen-bond acceptors (Lipinski definition) is 5. The van der Waals surface area contributed by atoms with Crippen LogP contribution < -0.4 is 15.5 Å². The molecule has 9 heteroatoms. The summed E-state index contributed by atoms with van der Waals surface area (Å²) in [5.41, 5.74) is 4.87. The number of phenolic OH excluding ortho intramolecular Hbond substituents is 1. The molecule has 2 N–H and O–H groups in total. The maximum absolute atomic E-state index is 12.7. The number of aromatic hydroxyl groups is 1. The van der Waals surface area contributed by atoms with Crippen LogP contribution in [-0.4, -0.2) is 22.0 Å². The van der Waals surface area contributed by atoms with Crippen molar-refractivity contribution in [1.29, 1.82) is 0 Å². The van der Waals surface area contributed by atoms with Crippen LogP contribution in [0.15, 0.2) is 78.9 Å². The van der Waals surface area contributed by atoms with Crippen LogP contribution in [0.5, 0.6) is 11.5 Å². The first-order chi connectivity index (χ1) is 16.0. The number of carbonyl (C=O) groups is 2. The molecule has 1 amide bonds. The molecule has 3 aromatic rings. The fraction of sp³-hybridized carbons (Fsp3) is 0.154. The Kier molecular flexibility index (Phi) is 12.6. The summed E-state index contributed by atoms with van der Waals surface area (Å²) >= 11 is 2.02. The molecule has 0 aromatic heterocycles. The third-order valence-electron chi connectivity index (χ3n) is 5.29. The normalized spacial score (nSPS) is 18.3. The Balaban J connectivity index is 0.00000149. The second kappa shape index (κ2) is 14.3. The standard InChI is InChI=1S/C24H23N2O4P.2CH3.ClH.Rh/c1-16(27)26-24(19-12-6-8-14-21(19)29)31(18-10-4-3-5-11-18)23(25-26)20-13-7-9-15-22(20)30-17(2)28;;;;/h3-15,23-25,29H,1-2H3;2*1H3;1H;/q;2*-1;;+3/t23-,24-,31?;;;;/m0..../s1. The first-order valence-corrected chi connectivity index (χ1v) is 13.9. The van der Waals surface area contributed by atoms with Crippen LogP contribution >= 0.6 is 17.6 Å². The van der Waals surface area contributed by atoms with Gasteiger partial charge in [-0.1, -0.05) is 42.5 Å². The van der Waals surface area contributed by atoms with E-state index in [4.69, 9.17) is 4.74 Å². The van der Waals surface area contributed by atoms with E-state index in [9.17, 15) is 14.7 Å². The number of halogens is 1. The second-order valence-electron chi connectivity index (χ2n) is 7.37. The SMILES string of the molecule is CC(=O)Oc1ccccc1[C@H]1NN(C(C)=O)[C@H](c2ccccc2O)[PH+]1c1ccccc1.[CH3-].[CH3-].[Cl][Rh+2]. The third-order valence-corrected chi connectivity index (χ3v) is 8.51. The molecule has 0 aliphatic carbocycles. The van der Waals surface area contributed by atoms with Crippen LogP contribution in [0.4, 0.5) is 0 Å². The molecule has 1 fully saturated rings. The first-order valence-electron chi connectivity index (χ1n) is 10.1. The van der Waals surface area contributed by atoms with E-state index in [2.05, 4.69) is 15.1 Å². The number of ether oxygens (including phenoxy) is 1. The average Bonchev–Trinajstić information content (AvgIpc) is 3.22. The molecule has 1 heterocycles. The van der Waals surface area contributed by atoms with Crippen LogP contribution in [0.25, 0.3) is 0 Å². The molecular formula is C26H30ClN2O4PRh+. The van der Waals surface area contributed by atoms with Crippen molar-refractivity contribution in [2.24, 2.45) is 0 Å². The molecular weight excluding hydrogens is 574 g/mol. The predicted octanol–water partition coefficient (Wildman–Crippen LogP) is 5.51.